The maximum atomic E-state index is 13.1. The normalized spacial score (nSPS) is 11.8. The summed E-state index contributed by atoms with van der Waals surface area (Å²) in [6.07, 6.45) is -2.41. The van der Waals surface area contributed by atoms with Crippen LogP contribution in [0.25, 0.3) is 0 Å². The lowest BCUT2D eigenvalue weighted by atomic mass is 10.1. The highest BCUT2D eigenvalue weighted by Gasteiger charge is 2.32. The Labute approximate surface area is 233 Å². The Hall–Kier alpha value is -3.50. The van der Waals surface area contributed by atoms with Crippen molar-refractivity contribution in [3.05, 3.63) is 23.8 Å². The number of guanidine groups is 1. The predicted octanol–water partition coefficient (Wildman–Crippen LogP) is 6.10. The summed E-state index contributed by atoms with van der Waals surface area (Å²) in [6.45, 7) is 20.2. The van der Waals surface area contributed by atoms with Gasteiger partial charge in [0.15, 0.2) is 0 Å². The second-order valence-corrected chi connectivity index (χ2v) is 12.1. The van der Waals surface area contributed by atoms with Gasteiger partial charge in [-0.05, 0) is 99.9 Å². The number of nitrogens with one attached hydrogen (secondary N) is 2. The number of benzene rings is 1. The van der Waals surface area contributed by atoms with Crippen LogP contribution in [0.4, 0.5) is 25.8 Å². The Morgan fingerprint density at radius 2 is 1.31 bits per heavy atom. The van der Waals surface area contributed by atoms with Gasteiger partial charge in [0.1, 0.15) is 16.8 Å². The van der Waals surface area contributed by atoms with E-state index >= 15 is 0 Å². The van der Waals surface area contributed by atoms with Gasteiger partial charge in [-0.15, -0.1) is 0 Å². The molecular weight excluding hydrogens is 502 g/mol. The van der Waals surface area contributed by atoms with Crippen LogP contribution in [-0.2, 0) is 20.8 Å². The van der Waals surface area contributed by atoms with Crippen LogP contribution >= 0.6 is 0 Å². The molecule has 0 fully saturated rings. The van der Waals surface area contributed by atoms with Crippen LogP contribution < -0.4 is 15.1 Å². The van der Waals surface area contributed by atoms with Crippen LogP contribution in [0, 0.1) is 5.41 Å². The largest absolute Gasteiger partial charge is 0.444 e. The first-order valence-electron chi connectivity index (χ1n) is 13.1. The number of hydrogen-bond donors (Lipinski definition) is 2. The summed E-state index contributed by atoms with van der Waals surface area (Å²) in [5.74, 6) is -0.176. The second-order valence-electron chi connectivity index (χ2n) is 12.1. The zero-order valence-electron chi connectivity index (χ0n) is 25.6. The van der Waals surface area contributed by atoms with Gasteiger partial charge in [-0.1, -0.05) is 0 Å². The summed E-state index contributed by atoms with van der Waals surface area (Å²) >= 11 is 0. The van der Waals surface area contributed by atoms with E-state index in [9.17, 15) is 14.4 Å². The molecule has 0 saturated heterocycles. The molecule has 39 heavy (non-hydrogen) atoms. The topological polar surface area (TPSA) is 125 Å². The highest BCUT2D eigenvalue weighted by atomic mass is 16.6. The molecule has 0 spiro atoms. The van der Waals surface area contributed by atoms with Crippen molar-refractivity contribution in [1.29, 1.82) is 5.41 Å². The van der Waals surface area contributed by atoms with Crippen LogP contribution in [0.3, 0.4) is 0 Å². The summed E-state index contributed by atoms with van der Waals surface area (Å²) < 4.78 is 16.3. The number of anilines is 2. The summed E-state index contributed by atoms with van der Waals surface area (Å²) in [6, 6.07) is 5.43. The molecule has 0 aliphatic rings. The van der Waals surface area contributed by atoms with Gasteiger partial charge < -0.3 is 24.0 Å². The molecule has 1 aromatic carbocycles. The molecule has 0 saturated carbocycles. The van der Waals surface area contributed by atoms with E-state index in [0.717, 1.165) is 10.6 Å². The predicted molar refractivity (Wildman–Crippen MR) is 154 cm³/mol. The van der Waals surface area contributed by atoms with E-state index in [-0.39, 0.29) is 12.5 Å². The number of carbonyl (C=O) groups is 3. The Kier molecular flexibility index (Phi) is 11.2. The number of amides is 3. The van der Waals surface area contributed by atoms with Gasteiger partial charge in [-0.3, -0.25) is 10.7 Å². The molecule has 3 amide bonds. The number of imide groups is 1. The number of nitrogens with zero attached hydrogens (tertiary/aromatic N) is 3. The van der Waals surface area contributed by atoms with E-state index < -0.39 is 35.1 Å². The third-order valence-corrected chi connectivity index (χ3v) is 5.02. The highest BCUT2D eigenvalue weighted by Crippen LogP contribution is 2.28. The first kappa shape index (κ1) is 33.5. The van der Waals surface area contributed by atoms with Gasteiger partial charge in [-0.25, -0.2) is 19.3 Å². The third kappa shape index (κ3) is 11.4. The van der Waals surface area contributed by atoms with Crippen LogP contribution in [0.1, 0.15) is 81.7 Å². The van der Waals surface area contributed by atoms with Crippen LogP contribution in [-0.4, -0.2) is 66.1 Å². The quantitative estimate of drug-likeness (QED) is 0.248. The standard InChI is InChI=1S/C28H47N5O6/c1-13-31(12)21-16-15-20(32(14-2)22(29)30-23(34)37-26(3,4)5)17-19(21)18-33(24(35)38-27(6,7)8)25(36)39-28(9,10)11/h15-17H,13-14,18H2,1-12H3,(H2,29,30,34). The van der Waals surface area contributed by atoms with Gasteiger partial charge in [-0.2, -0.15) is 0 Å². The lowest BCUT2D eigenvalue weighted by Gasteiger charge is -2.31. The van der Waals surface area contributed by atoms with Crippen molar-refractivity contribution in [2.24, 2.45) is 0 Å². The monoisotopic (exact) mass is 549 g/mol. The summed E-state index contributed by atoms with van der Waals surface area (Å²) in [5.41, 5.74) is -0.394. The first-order valence-corrected chi connectivity index (χ1v) is 13.1. The van der Waals surface area contributed by atoms with Crippen molar-refractivity contribution >= 4 is 35.6 Å². The molecule has 1 rings (SSSR count). The smallest absolute Gasteiger partial charge is 0.420 e. The fourth-order valence-corrected chi connectivity index (χ4v) is 3.35. The molecule has 0 atom stereocenters. The summed E-state index contributed by atoms with van der Waals surface area (Å²) in [4.78, 5) is 43.0. The van der Waals surface area contributed by atoms with E-state index in [1.807, 2.05) is 37.9 Å². The van der Waals surface area contributed by atoms with E-state index in [1.165, 1.54) is 0 Å². The summed E-state index contributed by atoms with van der Waals surface area (Å²) in [5, 5.41) is 10.9. The molecule has 0 unspecified atom stereocenters. The van der Waals surface area contributed by atoms with E-state index in [2.05, 4.69) is 5.32 Å². The van der Waals surface area contributed by atoms with Crippen molar-refractivity contribution in [2.45, 2.75) is 99.5 Å². The maximum Gasteiger partial charge on any atom is 0.420 e. The van der Waals surface area contributed by atoms with E-state index in [0.29, 0.717) is 24.3 Å². The SMILES string of the molecule is CCN(C)c1ccc(N(CC)C(=N)NC(=O)OC(C)(C)C)cc1CN(C(=O)OC(C)(C)C)C(=O)OC(C)(C)C. The van der Waals surface area contributed by atoms with Crippen molar-refractivity contribution in [3.63, 3.8) is 0 Å². The molecule has 0 radical (unpaired) electrons. The molecule has 1 aromatic rings. The minimum absolute atomic E-state index is 0.137. The second kappa shape index (κ2) is 13.0. The Morgan fingerprint density at radius 3 is 1.72 bits per heavy atom. The van der Waals surface area contributed by atoms with Crippen LogP contribution in [0.15, 0.2) is 18.2 Å². The van der Waals surface area contributed by atoms with Gasteiger partial charge in [0.2, 0.25) is 5.96 Å². The number of rotatable bonds is 6. The van der Waals surface area contributed by atoms with Crippen LogP contribution in [0.2, 0.25) is 0 Å². The highest BCUT2D eigenvalue weighted by molar-refractivity contribution is 6.02. The van der Waals surface area contributed by atoms with Crippen LogP contribution in [0.5, 0.6) is 0 Å². The van der Waals surface area contributed by atoms with Crippen molar-refractivity contribution in [1.82, 2.24) is 10.2 Å². The minimum Gasteiger partial charge on any atom is -0.444 e. The molecule has 0 heterocycles. The molecule has 0 aliphatic heterocycles. The molecule has 0 aromatic heterocycles. The molecule has 0 aliphatic carbocycles. The molecule has 11 heteroatoms. The Morgan fingerprint density at radius 1 is 0.821 bits per heavy atom. The van der Waals surface area contributed by atoms with Crippen molar-refractivity contribution in [3.8, 4) is 0 Å². The fraction of sp³-hybridized carbons (Fsp3) is 0.643. The lowest BCUT2D eigenvalue weighted by molar-refractivity contribution is -0.000268. The molecular formula is C28H47N5O6. The zero-order valence-corrected chi connectivity index (χ0v) is 25.6. The van der Waals surface area contributed by atoms with E-state index in [1.54, 1.807) is 73.3 Å². The lowest BCUT2D eigenvalue weighted by Crippen LogP contribution is -2.45. The fourth-order valence-electron chi connectivity index (χ4n) is 3.35. The number of carbonyl (C=O) groups excluding carboxylic acids is 3. The average molecular weight is 550 g/mol. The Bertz CT molecular complexity index is 1010. The number of ether oxygens (including phenoxy) is 3. The van der Waals surface area contributed by atoms with Gasteiger partial charge in [0.25, 0.3) is 0 Å². The van der Waals surface area contributed by atoms with Gasteiger partial charge in [0, 0.05) is 31.5 Å². The average Bonchev–Trinajstić information content (AvgIpc) is 2.73. The van der Waals surface area contributed by atoms with Crippen molar-refractivity contribution in [2.75, 3.05) is 29.9 Å². The van der Waals surface area contributed by atoms with E-state index in [4.69, 9.17) is 19.6 Å². The number of alkyl carbamates (subject to hydrolysis) is 1. The molecule has 11 nitrogen and oxygen atoms in total. The third-order valence-electron chi connectivity index (χ3n) is 5.02. The Balaban J connectivity index is 3.50. The summed E-state index contributed by atoms with van der Waals surface area (Å²) in [7, 11) is 1.90. The zero-order chi connectivity index (χ0) is 30.3. The molecule has 220 valence electrons. The van der Waals surface area contributed by atoms with Crippen molar-refractivity contribution < 1.29 is 28.6 Å². The molecule has 0 bridgehead atoms. The van der Waals surface area contributed by atoms with Gasteiger partial charge in [0.05, 0.1) is 6.54 Å². The maximum absolute atomic E-state index is 13.1. The molecule has 2 N–H and O–H groups in total. The minimum atomic E-state index is -0.834. The number of hydrogen-bond acceptors (Lipinski definition) is 8. The first-order chi connectivity index (χ1) is 17.7. The van der Waals surface area contributed by atoms with Gasteiger partial charge >= 0.3 is 18.3 Å².